The Morgan fingerprint density at radius 2 is 1.92 bits per heavy atom. The molecule has 13 heavy (non-hydrogen) atoms. The van der Waals surface area contributed by atoms with Crippen LogP contribution in [0.25, 0.3) is 0 Å². The van der Waals surface area contributed by atoms with Crippen molar-refractivity contribution in [3.05, 3.63) is 0 Å². The number of hydrogen-bond acceptors (Lipinski definition) is 2. The summed E-state index contributed by atoms with van der Waals surface area (Å²) in [5.41, 5.74) is -0.829. The zero-order chi connectivity index (χ0) is 10.5. The predicted molar refractivity (Wildman–Crippen MR) is 51.9 cm³/mol. The molecule has 0 fully saturated rings. The zero-order valence-electron chi connectivity index (χ0n) is 8.85. The molecule has 0 radical (unpaired) electrons. The summed E-state index contributed by atoms with van der Waals surface area (Å²) in [6.07, 6.45) is 1.14. The van der Waals surface area contributed by atoms with Gasteiger partial charge >= 0.3 is 0 Å². The molecule has 1 N–H and O–H groups in total. The van der Waals surface area contributed by atoms with Gasteiger partial charge in [0.15, 0.2) is 0 Å². The first-order valence-corrected chi connectivity index (χ1v) is 4.74. The number of carbonyl (C=O) groups excluding carboxylic acids is 1. The average Bonchev–Trinajstić information content (AvgIpc) is 2.07. The fourth-order valence-electron chi connectivity index (χ4n) is 1.18. The highest BCUT2D eigenvalue weighted by Gasteiger charge is 2.34. The molecule has 74 valence electrons. The van der Waals surface area contributed by atoms with Crippen molar-refractivity contribution < 1.29 is 4.79 Å². The summed E-state index contributed by atoms with van der Waals surface area (Å²) in [5, 5.41) is 11.7. The fourth-order valence-corrected chi connectivity index (χ4v) is 1.18. The van der Waals surface area contributed by atoms with E-state index in [4.69, 9.17) is 5.26 Å². The summed E-state index contributed by atoms with van der Waals surface area (Å²) in [7, 11) is 0. The first kappa shape index (κ1) is 12.0. The molecule has 0 saturated carbocycles. The number of hydrogen-bond donors (Lipinski definition) is 1. The van der Waals surface area contributed by atoms with E-state index in [0.29, 0.717) is 12.8 Å². The molecular weight excluding hydrogens is 164 g/mol. The maximum Gasteiger partial charge on any atom is 0.240 e. The lowest BCUT2D eigenvalue weighted by atomic mass is 9.83. The second kappa shape index (κ2) is 4.86. The standard InChI is InChI=1S/C10H18N2O/c1-5-10(6-2,7-11)9(13)12-8(3)4/h8H,5-6H2,1-4H3,(H,12,13). The Morgan fingerprint density at radius 3 is 2.15 bits per heavy atom. The average molecular weight is 182 g/mol. The van der Waals surface area contributed by atoms with Gasteiger partial charge in [0.1, 0.15) is 5.41 Å². The molecule has 0 aliphatic carbocycles. The molecule has 0 aromatic carbocycles. The van der Waals surface area contributed by atoms with E-state index < -0.39 is 5.41 Å². The molecule has 0 aliphatic rings. The second-order valence-corrected chi connectivity index (χ2v) is 3.53. The smallest absolute Gasteiger partial charge is 0.240 e. The normalized spacial score (nSPS) is 11.1. The summed E-state index contributed by atoms with van der Waals surface area (Å²) in [6, 6.07) is 2.20. The number of carbonyl (C=O) groups is 1. The fraction of sp³-hybridized carbons (Fsp3) is 0.800. The summed E-state index contributed by atoms with van der Waals surface area (Å²) in [5.74, 6) is -0.144. The van der Waals surface area contributed by atoms with Gasteiger partial charge in [0.2, 0.25) is 5.91 Å². The van der Waals surface area contributed by atoms with Crippen molar-refractivity contribution in [2.45, 2.75) is 46.6 Å². The highest BCUT2D eigenvalue weighted by Crippen LogP contribution is 2.25. The Balaban J connectivity index is 4.57. The molecule has 0 aromatic rings. The number of rotatable bonds is 4. The van der Waals surface area contributed by atoms with Crippen LogP contribution in [0.3, 0.4) is 0 Å². The highest BCUT2D eigenvalue weighted by molar-refractivity contribution is 5.85. The molecule has 0 spiro atoms. The number of nitriles is 1. The monoisotopic (exact) mass is 182 g/mol. The van der Waals surface area contributed by atoms with E-state index in [-0.39, 0.29) is 11.9 Å². The van der Waals surface area contributed by atoms with Crippen molar-refractivity contribution in [3.63, 3.8) is 0 Å². The summed E-state index contributed by atoms with van der Waals surface area (Å²) < 4.78 is 0. The summed E-state index contributed by atoms with van der Waals surface area (Å²) in [4.78, 5) is 11.6. The van der Waals surface area contributed by atoms with Crippen LogP contribution >= 0.6 is 0 Å². The van der Waals surface area contributed by atoms with Crippen LogP contribution in [0, 0.1) is 16.7 Å². The van der Waals surface area contributed by atoms with E-state index in [1.807, 2.05) is 27.7 Å². The Hall–Kier alpha value is -1.04. The third-order valence-corrected chi connectivity index (χ3v) is 2.28. The van der Waals surface area contributed by atoms with Gasteiger partial charge in [-0.25, -0.2) is 0 Å². The molecule has 0 aromatic heterocycles. The number of nitrogens with zero attached hydrogens (tertiary/aromatic N) is 1. The van der Waals surface area contributed by atoms with Gasteiger partial charge in [-0.15, -0.1) is 0 Å². The van der Waals surface area contributed by atoms with Gasteiger partial charge < -0.3 is 5.32 Å². The first-order chi connectivity index (χ1) is 6.02. The van der Waals surface area contributed by atoms with Crippen LogP contribution in [0.2, 0.25) is 0 Å². The summed E-state index contributed by atoms with van der Waals surface area (Å²) >= 11 is 0. The highest BCUT2D eigenvalue weighted by atomic mass is 16.2. The molecule has 0 saturated heterocycles. The molecule has 0 unspecified atom stereocenters. The van der Waals surface area contributed by atoms with Crippen molar-refractivity contribution in [3.8, 4) is 6.07 Å². The lowest BCUT2D eigenvalue weighted by Crippen LogP contribution is -2.42. The molecule has 0 heterocycles. The Labute approximate surface area is 80.1 Å². The molecule has 0 bridgehead atoms. The molecule has 1 amide bonds. The van der Waals surface area contributed by atoms with E-state index in [2.05, 4.69) is 11.4 Å². The minimum Gasteiger partial charge on any atom is -0.353 e. The van der Waals surface area contributed by atoms with Crippen molar-refractivity contribution in [1.82, 2.24) is 5.32 Å². The van der Waals surface area contributed by atoms with Gasteiger partial charge in [0.25, 0.3) is 0 Å². The first-order valence-electron chi connectivity index (χ1n) is 4.74. The molecule has 3 heteroatoms. The van der Waals surface area contributed by atoms with Gasteiger partial charge in [-0.1, -0.05) is 13.8 Å². The van der Waals surface area contributed by atoms with Crippen LogP contribution < -0.4 is 5.32 Å². The van der Waals surface area contributed by atoms with Crippen LogP contribution in [0.5, 0.6) is 0 Å². The lowest BCUT2D eigenvalue weighted by molar-refractivity contribution is -0.129. The van der Waals surface area contributed by atoms with Gasteiger partial charge in [-0.3, -0.25) is 4.79 Å². The largest absolute Gasteiger partial charge is 0.353 e. The van der Waals surface area contributed by atoms with Crippen LogP contribution in [0.4, 0.5) is 0 Å². The maximum absolute atomic E-state index is 11.6. The van der Waals surface area contributed by atoms with Crippen LogP contribution in [0.1, 0.15) is 40.5 Å². The maximum atomic E-state index is 11.6. The van der Waals surface area contributed by atoms with E-state index in [0.717, 1.165) is 0 Å². The molecule has 0 atom stereocenters. The quantitative estimate of drug-likeness (QED) is 0.721. The third-order valence-electron chi connectivity index (χ3n) is 2.28. The number of amides is 1. The van der Waals surface area contributed by atoms with E-state index >= 15 is 0 Å². The van der Waals surface area contributed by atoms with Gasteiger partial charge in [0.05, 0.1) is 6.07 Å². The van der Waals surface area contributed by atoms with Crippen LogP contribution in [-0.2, 0) is 4.79 Å². The topological polar surface area (TPSA) is 52.9 Å². The molecule has 3 nitrogen and oxygen atoms in total. The van der Waals surface area contributed by atoms with Crippen molar-refractivity contribution >= 4 is 5.91 Å². The Kier molecular flexibility index (Phi) is 4.47. The van der Waals surface area contributed by atoms with E-state index in [1.54, 1.807) is 0 Å². The van der Waals surface area contributed by atoms with Crippen LogP contribution in [0.15, 0.2) is 0 Å². The van der Waals surface area contributed by atoms with Gasteiger partial charge in [-0.05, 0) is 26.7 Å². The van der Waals surface area contributed by atoms with Crippen molar-refractivity contribution in [1.29, 1.82) is 5.26 Å². The molecule has 0 rings (SSSR count). The van der Waals surface area contributed by atoms with Crippen molar-refractivity contribution in [2.24, 2.45) is 5.41 Å². The van der Waals surface area contributed by atoms with Crippen molar-refractivity contribution in [2.75, 3.05) is 0 Å². The third kappa shape index (κ3) is 2.73. The second-order valence-electron chi connectivity index (χ2n) is 3.53. The zero-order valence-corrected chi connectivity index (χ0v) is 8.85. The SMILES string of the molecule is CCC(C#N)(CC)C(=O)NC(C)C. The lowest BCUT2D eigenvalue weighted by Gasteiger charge is -2.23. The summed E-state index contributed by atoms with van der Waals surface area (Å²) in [6.45, 7) is 7.52. The Bertz CT molecular complexity index is 211. The Morgan fingerprint density at radius 1 is 1.46 bits per heavy atom. The molecular formula is C10H18N2O. The van der Waals surface area contributed by atoms with Crippen LogP contribution in [-0.4, -0.2) is 11.9 Å². The van der Waals surface area contributed by atoms with Gasteiger partial charge in [-0.2, -0.15) is 5.26 Å². The minimum absolute atomic E-state index is 0.0957. The predicted octanol–water partition coefficient (Wildman–Crippen LogP) is 1.84. The molecule has 0 aliphatic heterocycles. The van der Waals surface area contributed by atoms with E-state index in [1.165, 1.54) is 0 Å². The van der Waals surface area contributed by atoms with E-state index in [9.17, 15) is 4.79 Å². The van der Waals surface area contributed by atoms with Gasteiger partial charge in [0, 0.05) is 6.04 Å². The minimum atomic E-state index is -0.829. The number of nitrogens with one attached hydrogen (secondary N) is 1.